The lowest BCUT2D eigenvalue weighted by molar-refractivity contribution is -0.139. The highest BCUT2D eigenvalue weighted by Crippen LogP contribution is 2.31. The molecule has 1 amide bonds. The van der Waals surface area contributed by atoms with Crippen molar-refractivity contribution >= 4 is 23.3 Å². The lowest BCUT2D eigenvalue weighted by Gasteiger charge is -2.13. The van der Waals surface area contributed by atoms with Gasteiger partial charge in [-0.3, -0.25) is 9.59 Å². The normalized spacial score (nSPS) is 15.1. The minimum absolute atomic E-state index is 0.0594. The van der Waals surface area contributed by atoms with Crippen molar-refractivity contribution in [2.24, 2.45) is 5.10 Å². The molecular formula is C13H11F3N2O3. The molecule has 21 heavy (non-hydrogen) atoms. The van der Waals surface area contributed by atoms with Crippen molar-refractivity contribution in [3.63, 3.8) is 0 Å². The summed E-state index contributed by atoms with van der Waals surface area (Å²) in [5.74, 6) is -0.940. The molecule has 0 spiro atoms. The number of carbonyl (C=O) groups is 2. The van der Waals surface area contributed by atoms with Crippen molar-refractivity contribution < 1.29 is 27.5 Å². The number of benzene rings is 1. The molecule has 0 radical (unpaired) electrons. The van der Waals surface area contributed by atoms with Gasteiger partial charge in [-0.05, 0) is 24.3 Å². The number of anilines is 1. The van der Waals surface area contributed by atoms with Gasteiger partial charge in [-0.1, -0.05) is 0 Å². The number of carbonyl (C=O) groups excluding carboxylic acids is 2. The summed E-state index contributed by atoms with van der Waals surface area (Å²) in [6.07, 6.45) is -4.62. The van der Waals surface area contributed by atoms with Gasteiger partial charge in [0.2, 0.25) is 0 Å². The Bertz CT molecular complexity index is 594. The first-order chi connectivity index (χ1) is 9.81. The summed E-state index contributed by atoms with van der Waals surface area (Å²) in [5, 5.41) is 4.92. The number of nitrogens with zero attached hydrogens (tertiary/aromatic N) is 2. The maximum Gasteiger partial charge on any atom is 0.416 e. The van der Waals surface area contributed by atoms with E-state index in [-0.39, 0.29) is 18.5 Å². The second-order valence-corrected chi connectivity index (χ2v) is 4.35. The third-order valence-corrected chi connectivity index (χ3v) is 2.85. The molecule has 0 fully saturated rings. The van der Waals surface area contributed by atoms with Crippen LogP contribution in [0.1, 0.15) is 18.4 Å². The highest BCUT2D eigenvalue weighted by atomic mass is 19.4. The van der Waals surface area contributed by atoms with Crippen LogP contribution in [0, 0.1) is 0 Å². The molecule has 0 aliphatic carbocycles. The third kappa shape index (κ3) is 3.39. The number of alkyl halides is 3. The Kier molecular flexibility index (Phi) is 3.97. The minimum Gasteiger partial charge on any atom is -0.469 e. The van der Waals surface area contributed by atoms with E-state index in [0.717, 1.165) is 29.3 Å². The molecule has 0 atom stereocenters. The molecular weight excluding hydrogens is 289 g/mol. The first-order valence-corrected chi connectivity index (χ1v) is 5.94. The highest BCUT2D eigenvalue weighted by molar-refractivity contribution is 6.16. The fourth-order valence-electron chi connectivity index (χ4n) is 1.81. The Labute approximate surface area is 118 Å². The van der Waals surface area contributed by atoms with Crippen molar-refractivity contribution in [3.05, 3.63) is 29.8 Å². The summed E-state index contributed by atoms with van der Waals surface area (Å²) in [7, 11) is 1.22. The van der Waals surface area contributed by atoms with Gasteiger partial charge in [0.05, 0.1) is 36.9 Å². The van der Waals surface area contributed by atoms with E-state index in [1.165, 1.54) is 7.11 Å². The molecule has 8 heteroatoms. The summed E-state index contributed by atoms with van der Waals surface area (Å²) >= 11 is 0. The number of halogens is 3. The largest absolute Gasteiger partial charge is 0.469 e. The number of hydrogen-bond donors (Lipinski definition) is 0. The van der Waals surface area contributed by atoms with E-state index < -0.39 is 23.6 Å². The first kappa shape index (κ1) is 15.0. The number of hydrazone groups is 1. The molecule has 2 rings (SSSR count). The summed E-state index contributed by atoms with van der Waals surface area (Å²) < 4.78 is 41.8. The summed E-state index contributed by atoms with van der Waals surface area (Å²) in [5.41, 5.74) is -0.281. The smallest absolute Gasteiger partial charge is 0.416 e. The van der Waals surface area contributed by atoms with Gasteiger partial charge >= 0.3 is 12.1 Å². The van der Waals surface area contributed by atoms with Gasteiger partial charge in [0.15, 0.2) is 0 Å². The number of amides is 1. The van der Waals surface area contributed by atoms with E-state index in [2.05, 4.69) is 9.84 Å². The van der Waals surface area contributed by atoms with Crippen LogP contribution < -0.4 is 5.01 Å². The molecule has 0 N–H and O–H groups in total. The predicted octanol–water partition coefficient (Wildman–Crippen LogP) is 2.36. The van der Waals surface area contributed by atoms with Gasteiger partial charge in [0.1, 0.15) is 0 Å². The topological polar surface area (TPSA) is 59.0 Å². The van der Waals surface area contributed by atoms with Gasteiger partial charge < -0.3 is 4.74 Å². The molecule has 5 nitrogen and oxygen atoms in total. The zero-order chi connectivity index (χ0) is 15.6. The second-order valence-electron chi connectivity index (χ2n) is 4.35. The Morgan fingerprint density at radius 1 is 1.33 bits per heavy atom. The average molecular weight is 300 g/mol. The van der Waals surface area contributed by atoms with E-state index >= 15 is 0 Å². The van der Waals surface area contributed by atoms with E-state index in [1.54, 1.807) is 0 Å². The molecule has 0 bridgehead atoms. The Balaban J connectivity index is 2.18. The van der Waals surface area contributed by atoms with Crippen LogP contribution >= 0.6 is 0 Å². The molecule has 0 saturated carbocycles. The van der Waals surface area contributed by atoms with Crippen LogP contribution in [0.5, 0.6) is 0 Å². The maximum absolute atomic E-state index is 12.5. The summed E-state index contributed by atoms with van der Waals surface area (Å²) in [6, 6.07) is 4.06. The van der Waals surface area contributed by atoms with Gasteiger partial charge in [0.25, 0.3) is 5.91 Å². The molecule has 112 valence electrons. The van der Waals surface area contributed by atoms with Crippen LogP contribution in [0.25, 0.3) is 0 Å². The number of rotatable bonds is 3. The monoisotopic (exact) mass is 300 g/mol. The molecule has 1 aromatic rings. The SMILES string of the molecule is COC(=O)CC1=NN(c2ccc(C(F)(F)F)cc2)C(=O)C1. The lowest BCUT2D eigenvalue weighted by Crippen LogP contribution is -2.19. The molecule has 1 aliphatic rings. The van der Waals surface area contributed by atoms with Crippen molar-refractivity contribution in [2.75, 3.05) is 12.1 Å². The number of hydrogen-bond acceptors (Lipinski definition) is 4. The van der Waals surface area contributed by atoms with E-state index in [4.69, 9.17) is 0 Å². The molecule has 0 aromatic heterocycles. The Morgan fingerprint density at radius 3 is 2.48 bits per heavy atom. The maximum atomic E-state index is 12.5. The van der Waals surface area contributed by atoms with Crippen molar-refractivity contribution in [3.8, 4) is 0 Å². The number of methoxy groups -OCH3 is 1. The highest BCUT2D eigenvalue weighted by Gasteiger charge is 2.31. The minimum atomic E-state index is -4.44. The first-order valence-electron chi connectivity index (χ1n) is 5.94. The molecule has 0 saturated heterocycles. The fourth-order valence-corrected chi connectivity index (χ4v) is 1.81. The van der Waals surface area contributed by atoms with Gasteiger partial charge in [-0.15, -0.1) is 0 Å². The van der Waals surface area contributed by atoms with E-state index in [9.17, 15) is 22.8 Å². The third-order valence-electron chi connectivity index (χ3n) is 2.85. The van der Waals surface area contributed by atoms with Crippen LogP contribution in [-0.4, -0.2) is 24.7 Å². The van der Waals surface area contributed by atoms with E-state index in [1.807, 2.05) is 0 Å². The quantitative estimate of drug-likeness (QED) is 0.805. The van der Waals surface area contributed by atoms with Gasteiger partial charge in [-0.25, -0.2) is 5.01 Å². The molecule has 1 heterocycles. The van der Waals surface area contributed by atoms with Crippen molar-refractivity contribution in [2.45, 2.75) is 19.0 Å². The molecule has 0 unspecified atom stereocenters. The van der Waals surface area contributed by atoms with Crippen LogP contribution in [0.2, 0.25) is 0 Å². The standard InChI is InChI=1S/C13H11F3N2O3/c1-21-12(20)7-9-6-11(19)18(17-9)10-4-2-8(3-5-10)13(14,15)16/h2-5H,6-7H2,1H3. The lowest BCUT2D eigenvalue weighted by atomic mass is 10.2. The Hall–Kier alpha value is -2.38. The predicted molar refractivity (Wildman–Crippen MR) is 67.6 cm³/mol. The fraction of sp³-hybridized carbons (Fsp3) is 0.308. The van der Waals surface area contributed by atoms with Crippen LogP contribution in [-0.2, 0) is 20.5 Å². The second kappa shape index (κ2) is 5.55. The zero-order valence-electron chi connectivity index (χ0n) is 11.0. The van der Waals surface area contributed by atoms with Crippen LogP contribution in [0.15, 0.2) is 29.4 Å². The molecule has 1 aliphatic heterocycles. The van der Waals surface area contributed by atoms with E-state index in [0.29, 0.717) is 5.71 Å². The van der Waals surface area contributed by atoms with Gasteiger partial charge in [-0.2, -0.15) is 18.3 Å². The number of esters is 1. The van der Waals surface area contributed by atoms with Crippen LogP contribution in [0.3, 0.4) is 0 Å². The van der Waals surface area contributed by atoms with Gasteiger partial charge in [0, 0.05) is 0 Å². The zero-order valence-corrected chi connectivity index (χ0v) is 11.0. The molecule has 1 aromatic carbocycles. The van der Waals surface area contributed by atoms with Crippen molar-refractivity contribution in [1.29, 1.82) is 0 Å². The Morgan fingerprint density at radius 2 is 1.95 bits per heavy atom. The van der Waals surface area contributed by atoms with Crippen molar-refractivity contribution in [1.82, 2.24) is 0 Å². The average Bonchev–Trinajstić information content (AvgIpc) is 2.78. The number of ether oxygens (including phenoxy) is 1. The van der Waals surface area contributed by atoms with Crippen LogP contribution in [0.4, 0.5) is 18.9 Å². The summed E-state index contributed by atoms with van der Waals surface area (Å²) in [6.45, 7) is 0. The summed E-state index contributed by atoms with van der Waals surface area (Å²) in [4.78, 5) is 22.9.